The molecule has 0 fully saturated rings. The molecule has 0 atom stereocenters. The van der Waals surface area contributed by atoms with Crippen molar-refractivity contribution in [3.63, 3.8) is 0 Å². The van der Waals surface area contributed by atoms with Crippen LogP contribution in [0.3, 0.4) is 0 Å². The molecule has 3 aromatic rings. The molecule has 0 aliphatic carbocycles. The minimum absolute atomic E-state index is 0.226. The van der Waals surface area contributed by atoms with Crippen LogP contribution in [0.1, 0.15) is 0 Å². The van der Waals surface area contributed by atoms with Gasteiger partial charge in [0.25, 0.3) is 5.56 Å². The molecule has 2 aromatic carbocycles. The molecule has 106 valence electrons. The van der Waals surface area contributed by atoms with Gasteiger partial charge in [-0.1, -0.05) is 6.07 Å². The van der Waals surface area contributed by atoms with Crippen LogP contribution in [-0.2, 0) is 0 Å². The summed E-state index contributed by atoms with van der Waals surface area (Å²) in [5.41, 5.74) is 0.778. The number of fused-ring (bicyclic) bond motifs is 1. The lowest BCUT2D eigenvalue weighted by Crippen LogP contribution is -2.20. The van der Waals surface area contributed by atoms with E-state index in [1.165, 1.54) is 35.9 Å². The number of H-pyrrole nitrogens is 1. The van der Waals surface area contributed by atoms with Crippen molar-refractivity contribution in [1.29, 1.82) is 0 Å². The summed E-state index contributed by atoms with van der Waals surface area (Å²) in [7, 11) is 1.52. The lowest BCUT2D eigenvalue weighted by Gasteiger charge is -2.10. The molecular weight excluding hydrogens is 291 g/mol. The van der Waals surface area contributed by atoms with Gasteiger partial charge in [0, 0.05) is 0 Å². The van der Waals surface area contributed by atoms with Gasteiger partial charge in [-0.25, -0.2) is 4.39 Å². The molecule has 0 aliphatic heterocycles. The minimum atomic E-state index is -0.371. The molecule has 0 saturated carbocycles. The zero-order valence-corrected chi connectivity index (χ0v) is 11.9. The second kappa shape index (κ2) is 5.14. The Morgan fingerprint density at radius 3 is 2.57 bits per heavy atom. The first-order valence-electron chi connectivity index (χ1n) is 6.20. The van der Waals surface area contributed by atoms with Crippen LogP contribution in [0, 0.1) is 10.6 Å². The van der Waals surface area contributed by atoms with Crippen molar-refractivity contribution in [2.75, 3.05) is 7.11 Å². The fourth-order valence-corrected chi connectivity index (χ4v) is 2.50. The fourth-order valence-electron chi connectivity index (χ4n) is 2.21. The molecule has 0 amide bonds. The van der Waals surface area contributed by atoms with Crippen LogP contribution < -0.4 is 10.3 Å². The summed E-state index contributed by atoms with van der Waals surface area (Å²) in [6, 6.07) is 10.7. The molecule has 1 heterocycles. The van der Waals surface area contributed by atoms with Gasteiger partial charge in [0.1, 0.15) is 11.6 Å². The minimum Gasteiger partial charge on any atom is -0.495 e. The van der Waals surface area contributed by atoms with Gasteiger partial charge in [-0.15, -0.1) is 0 Å². The maximum Gasteiger partial charge on any atom is 0.266 e. The molecule has 6 heteroatoms. The summed E-state index contributed by atoms with van der Waals surface area (Å²) in [5.74, 6) is 0.172. The number of rotatable bonds is 2. The van der Waals surface area contributed by atoms with E-state index in [2.05, 4.69) is 4.98 Å². The number of benzene rings is 2. The lowest BCUT2D eigenvalue weighted by atomic mass is 10.2. The molecule has 0 saturated heterocycles. The van der Waals surface area contributed by atoms with Gasteiger partial charge in [0.15, 0.2) is 4.77 Å². The van der Waals surface area contributed by atoms with Crippen LogP contribution in [0.5, 0.6) is 5.75 Å². The normalized spacial score (nSPS) is 10.8. The van der Waals surface area contributed by atoms with E-state index < -0.39 is 0 Å². The van der Waals surface area contributed by atoms with Gasteiger partial charge < -0.3 is 9.72 Å². The van der Waals surface area contributed by atoms with Crippen LogP contribution in [0.15, 0.2) is 47.3 Å². The van der Waals surface area contributed by atoms with E-state index >= 15 is 0 Å². The number of ether oxygens (including phenoxy) is 1. The Morgan fingerprint density at radius 2 is 1.90 bits per heavy atom. The molecule has 4 nitrogen and oxygen atoms in total. The number of nitrogens with one attached hydrogen (secondary N) is 1. The summed E-state index contributed by atoms with van der Waals surface area (Å²) in [6.45, 7) is 0. The number of hydrogen-bond acceptors (Lipinski definition) is 3. The summed E-state index contributed by atoms with van der Waals surface area (Å²) in [5, 5.41) is 0.451. The van der Waals surface area contributed by atoms with Crippen LogP contribution in [-0.4, -0.2) is 16.7 Å². The van der Waals surface area contributed by atoms with Crippen LogP contribution in [0.2, 0.25) is 0 Å². The molecule has 0 spiro atoms. The third kappa shape index (κ3) is 2.23. The van der Waals surface area contributed by atoms with Crippen molar-refractivity contribution < 1.29 is 9.13 Å². The summed E-state index contributed by atoms with van der Waals surface area (Å²) in [6.07, 6.45) is 0. The van der Waals surface area contributed by atoms with E-state index in [9.17, 15) is 9.18 Å². The molecule has 1 N–H and O–H groups in total. The number of aromatic nitrogens is 2. The predicted molar refractivity (Wildman–Crippen MR) is 81.2 cm³/mol. The second-order valence-corrected chi connectivity index (χ2v) is 4.82. The maximum atomic E-state index is 13.0. The molecule has 0 bridgehead atoms. The van der Waals surface area contributed by atoms with E-state index in [0.717, 1.165) is 0 Å². The molecule has 21 heavy (non-hydrogen) atoms. The second-order valence-electron chi connectivity index (χ2n) is 4.43. The topological polar surface area (TPSA) is 47.0 Å². The smallest absolute Gasteiger partial charge is 0.266 e. The SMILES string of the molecule is COc1cccc2c(=O)n(-c3ccc(F)cc3)c(=S)[nH]c12. The average molecular weight is 302 g/mol. The van der Waals surface area contributed by atoms with Crippen molar-refractivity contribution in [1.82, 2.24) is 9.55 Å². The van der Waals surface area contributed by atoms with Gasteiger partial charge in [0.05, 0.1) is 23.7 Å². The van der Waals surface area contributed by atoms with Crippen molar-refractivity contribution in [3.05, 3.63) is 63.4 Å². The number of nitrogens with zero attached hydrogens (tertiary/aromatic N) is 1. The first kappa shape index (κ1) is 13.5. The van der Waals surface area contributed by atoms with Crippen molar-refractivity contribution in [2.45, 2.75) is 0 Å². The molecule has 3 rings (SSSR count). The number of para-hydroxylation sites is 1. The first-order valence-corrected chi connectivity index (χ1v) is 6.60. The van der Waals surface area contributed by atoms with E-state index in [1.54, 1.807) is 18.2 Å². The molecule has 1 aromatic heterocycles. The first-order chi connectivity index (χ1) is 10.1. The van der Waals surface area contributed by atoms with Crippen molar-refractivity contribution >= 4 is 23.1 Å². The molecular formula is C15H11FN2O2S. The highest BCUT2D eigenvalue weighted by Gasteiger charge is 2.10. The van der Waals surface area contributed by atoms with Gasteiger partial charge in [-0.3, -0.25) is 9.36 Å². The van der Waals surface area contributed by atoms with Crippen molar-refractivity contribution in [2.24, 2.45) is 0 Å². The maximum absolute atomic E-state index is 13.0. The van der Waals surface area contributed by atoms with Gasteiger partial charge >= 0.3 is 0 Å². The van der Waals surface area contributed by atoms with Gasteiger partial charge in [0.2, 0.25) is 0 Å². The summed E-state index contributed by atoms with van der Waals surface area (Å²) < 4.78 is 19.8. The average Bonchev–Trinajstić information content (AvgIpc) is 2.48. The number of methoxy groups -OCH3 is 1. The molecule has 0 radical (unpaired) electrons. The highest BCUT2D eigenvalue weighted by Crippen LogP contribution is 2.21. The predicted octanol–water partition coefficient (Wildman–Crippen LogP) is 3.20. The highest BCUT2D eigenvalue weighted by molar-refractivity contribution is 7.71. The monoisotopic (exact) mass is 302 g/mol. The summed E-state index contributed by atoms with van der Waals surface area (Å²) >= 11 is 5.25. The van der Waals surface area contributed by atoms with Crippen LogP contribution >= 0.6 is 12.2 Å². The summed E-state index contributed by atoms with van der Waals surface area (Å²) in [4.78, 5) is 15.6. The molecule has 0 aliphatic rings. The van der Waals surface area contributed by atoms with Gasteiger partial charge in [-0.05, 0) is 48.6 Å². The lowest BCUT2D eigenvalue weighted by molar-refractivity contribution is 0.418. The number of halogens is 1. The number of aromatic amines is 1. The van der Waals surface area contributed by atoms with Gasteiger partial charge in [-0.2, -0.15) is 0 Å². The van der Waals surface area contributed by atoms with E-state index in [-0.39, 0.29) is 16.1 Å². The number of hydrogen-bond donors (Lipinski definition) is 1. The highest BCUT2D eigenvalue weighted by atomic mass is 32.1. The van der Waals surface area contributed by atoms with E-state index in [4.69, 9.17) is 17.0 Å². The fraction of sp³-hybridized carbons (Fsp3) is 0.0667. The van der Waals surface area contributed by atoms with Crippen LogP contribution in [0.25, 0.3) is 16.6 Å². The van der Waals surface area contributed by atoms with E-state index in [1.807, 2.05) is 0 Å². The quantitative estimate of drug-likeness (QED) is 0.740. The van der Waals surface area contributed by atoms with E-state index in [0.29, 0.717) is 22.3 Å². The third-order valence-electron chi connectivity index (χ3n) is 3.20. The third-order valence-corrected chi connectivity index (χ3v) is 3.48. The Balaban J connectivity index is 2.38. The Morgan fingerprint density at radius 1 is 1.19 bits per heavy atom. The zero-order chi connectivity index (χ0) is 15.0. The Labute approximate surface area is 124 Å². The zero-order valence-electron chi connectivity index (χ0n) is 11.1. The Hall–Kier alpha value is -2.47. The largest absolute Gasteiger partial charge is 0.495 e. The standard InChI is InChI=1S/C15H11FN2O2S/c1-20-12-4-2-3-11-13(12)17-15(21)18(14(11)19)10-7-5-9(16)6-8-10/h2-8H,1H3,(H,17,21). The Kier molecular flexibility index (Phi) is 3.31. The van der Waals surface area contributed by atoms with Crippen molar-refractivity contribution in [3.8, 4) is 11.4 Å². The van der Waals surface area contributed by atoms with Crippen LogP contribution in [0.4, 0.5) is 4.39 Å². The Bertz CT molecular complexity index is 929. The molecule has 0 unspecified atom stereocenters.